The molecule has 0 spiro atoms. The van der Waals surface area contributed by atoms with E-state index in [1.807, 2.05) is 13.8 Å². The first-order valence-electron chi connectivity index (χ1n) is 4.59. The maximum absolute atomic E-state index is 9.75. The van der Waals surface area contributed by atoms with E-state index >= 15 is 0 Å². The third-order valence-electron chi connectivity index (χ3n) is 1.08. The molecule has 0 heterocycles. The van der Waals surface area contributed by atoms with Gasteiger partial charge in [0.2, 0.25) is 0 Å². The van der Waals surface area contributed by atoms with E-state index in [0.29, 0.717) is 0 Å². The van der Waals surface area contributed by atoms with Gasteiger partial charge in [0.15, 0.2) is 0 Å². The Bertz CT molecular complexity index is 282. The van der Waals surface area contributed by atoms with E-state index in [0.717, 1.165) is 12.2 Å². The third kappa shape index (κ3) is 31.4. The molecule has 0 rings (SSSR count). The van der Waals surface area contributed by atoms with Crippen LogP contribution >= 0.6 is 0 Å². The van der Waals surface area contributed by atoms with Crippen LogP contribution in [0.15, 0.2) is 48.6 Å². The van der Waals surface area contributed by atoms with Crippen molar-refractivity contribution in [3.8, 4) is 0 Å². The van der Waals surface area contributed by atoms with Crippen LogP contribution in [-0.4, -0.2) is 22.2 Å². The van der Waals surface area contributed by atoms with E-state index in [-0.39, 0.29) is 19.5 Å². The van der Waals surface area contributed by atoms with E-state index < -0.39 is 11.9 Å². The first-order valence-corrected chi connectivity index (χ1v) is 4.59. The van der Waals surface area contributed by atoms with Gasteiger partial charge in [-0.2, -0.15) is 0 Å². The molecule has 0 aliphatic rings. The summed E-state index contributed by atoms with van der Waals surface area (Å²) in [5.74, 6) is -1.83. The van der Waals surface area contributed by atoms with Crippen molar-refractivity contribution in [1.29, 1.82) is 0 Å². The Labute approximate surface area is 114 Å². The normalized spacial score (nSPS) is 10.5. The number of hydrogen-bond donors (Lipinski definition) is 2. The van der Waals surface area contributed by atoms with Crippen molar-refractivity contribution >= 4 is 11.9 Å². The van der Waals surface area contributed by atoms with Crippen LogP contribution in [0.25, 0.3) is 0 Å². The maximum atomic E-state index is 9.75. The molecule has 0 atom stereocenters. The minimum atomic E-state index is -0.914. The molecule has 90 valence electrons. The zero-order valence-corrected chi connectivity index (χ0v) is 13.0. The van der Waals surface area contributed by atoms with Gasteiger partial charge in [0.05, 0.1) is 0 Å². The van der Waals surface area contributed by atoms with Gasteiger partial charge >= 0.3 is 11.9 Å². The fourth-order valence-corrected chi connectivity index (χ4v) is 0.498. The molecule has 0 aliphatic heterocycles. The second-order valence-corrected chi connectivity index (χ2v) is 2.45. The van der Waals surface area contributed by atoms with Gasteiger partial charge in [0.1, 0.15) is 0 Å². The van der Waals surface area contributed by atoms with Crippen LogP contribution in [0.2, 0.25) is 0 Å². The SMILES string of the molecule is C/C=C/C=C/C(=O)O.C/C=C/C=C/C(=O)O.[Zn]. The molecule has 0 unspecified atom stereocenters. The van der Waals surface area contributed by atoms with Crippen LogP contribution in [0.4, 0.5) is 0 Å². The molecular formula is C12H16O4Zn. The summed E-state index contributed by atoms with van der Waals surface area (Å²) in [5, 5.41) is 16.0. The van der Waals surface area contributed by atoms with Crippen molar-refractivity contribution in [2.75, 3.05) is 0 Å². The van der Waals surface area contributed by atoms with Gasteiger partial charge in [-0.1, -0.05) is 36.5 Å². The minimum Gasteiger partial charge on any atom is -0.478 e. The van der Waals surface area contributed by atoms with E-state index in [9.17, 15) is 9.59 Å². The summed E-state index contributed by atoms with van der Waals surface area (Å²) < 4.78 is 0. The van der Waals surface area contributed by atoms with Crippen molar-refractivity contribution in [3.63, 3.8) is 0 Å². The summed E-state index contributed by atoms with van der Waals surface area (Å²) >= 11 is 0. The van der Waals surface area contributed by atoms with Crippen LogP contribution < -0.4 is 0 Å². The molecule has 0 amide bonds. The van der Waals surface area contributed by atoms with Gasteiger partial charge in [-0.25, -0.2) is 9.59 Å². The van der Waals surface area contributed by atoms with E-state index in [4.69, 9.17) is 10.2 Å². The van der Waals surface area contributed by atoms with Gasteiger partial charge in [-0.15, -0.1) is 0 Å². The van der Waals surface area contributed by atoms with E-state index in [2.05, 4.69) is 0 Å². The molecule has 0 fully saturated rings. The monoisotopic (exact) mass is 288 g/mol. The fraction of sp³-hybridized carbons (Fsp3) is 0.167. The molecule has 4 nitrogen and oxygen atoms in total. The number of carboxylic acid groups (broad SMARTS) is 2. The quantitative estimate of drug-likeness (QED) is 0.473. The van der Waals surface area contributed by atoms with Crippen molar-refractivity contribution < 1.29 is 39.3 Å². The molecule has 17 heavy (non-hydrogen) atoms. The summed E-state index contributed by atoms with van der Waals surface area (Å²) in [6.07, 6.45) is 12.0. The van der Waals surface area contributed by atoms with Gasteiger partial charge in [-0.3, -0.25) is 0 Å². The van der Waals surface area contributed by atoms with Crippen LogP contribution in [-0.2, 0) is 29.1 Å². The second kappa shape index (κ2) is 16.9. The predicted octanol–water partition coefficient (Wildman–Crippen LogP) is 2.40. The standard InChI is InChI=1S/2C6H8O2.Zn/c2*1-2-3-4-5-6(7)8;/h2*2-5H,1H3,(H,7,8);/b2*3-2+,5-4+;. The van der Waals surface area contributed by atoms with E-state index in [1.54, 1.807) is 24.3 Å². The minimum absolute atomic E-state index is 0. The van der Waals surface area contributed by atoms with Crippen molar-refractivity contribution in [2.24, 2.45) is 0 Å². The van der Waals surface area contributed by atoms with Crippen LogP contribution in [0.1, 0.15) is 13.8 Å². The number of allylic oxidation sites excluding steroid dienone is 6. The Kier molecular flexibility index (Phi) is 20.8. The second-order valence-electron chi connectivity index (χ2n) is 2.45. The summed E-state index contributed by atoms with van der Waals surface area (Å²) in [7, 11) is 0. The van der Waals surface area contributed by atoms with Crippen LogP contribution in [0, 0.1) is 0 Å². The molecule has 2 N–H and O–H groups in total. The van der Waals surface area contributed by atoms with Crippen molar-refractivity contribution in [1.82, 2.24) is 0 Å². The molecule has 0 saturated carbocycles. The first kappa shape index (κ1) is 20.9. The Morgan fingerprint density at radius 1 is 0.765 bits per heavy atom. The van der Waals surface area contributed by atoms with Crippen molar-refractivity contribution in [2.45, 2.75) is 13.8 Å². The molecule has 0 bridgehead atoms. The summed E-state index contributed by atoms with van der Waals surface area (Å²) in [4.78, 5) is 19.5. The summed E-state index contributed by atoms with van der Waals surface area (Å²) in [6.45, 7) is 3.65. The molecular weight excluding hydrogens is 274 g/mol. The molecule has 0 aliphatic carbocycles. The zero-order valence-electron chi connectivity index (χ0n) is 10.0. The first-order chi connectivity index (χ1) is 7.54. The number of aliphatic carboxylic acids is 2. The molecule has 0 aromatic heterocycles. The molecule has 5 heteroatoms. The molecule has 0 radical (unpaired) electrons. The average molecular weight is 290 g/mol. The average Bonchev–Trinajstić information content (AvgIpc) is 2.18. The topological polar surface area (TPSA) is 74.6 Å². The number of rotatable bonds is 4. The third-order valence-corrected chi connectivity index (χ3v) is 1.08. The van der Waals surface area contributed by atoms with Gasteiger partial charge < -0.3 is 10.2 Å². The maximum Gasteiger partial charge on any atom is 0.328 e. The molecule has 0 saturated heterocycles. The van der Waals surface area contributed by atoms with Gasteiger partial charge in [-0.05, 0) is 13.8 Å². The predicted molar refractivity (Wildman–Crippen MR) is 63.2 cm³/mol. The van der Waals surface area contributed by atoms with Gasteiger partial charge in [0, 0.05) is 31.6 Å². The molecule has 0 aromatic carbocycles. The number of carbonyl (C=O) groups is 2. The van der Waals surface area contributed by atoms with Crippen LogP contribution in [0.3, 0.4) is 0 Å². The zero-order chi connectivity index (χ0) is 12.8. The Morgan fingerprint density at radius 3 is 1.24 bits per heavy atom. The molecule has 0 aromatic rings. The van der Waals surface area contributed by atoms with Crippen molar-refractivity contribution in [3.05, 3.63) is 48.6 Å². The van der Waals surface area contributed by atoms with E-state index in [1.165, 1.54) is 12.2 Å². The van der Waals surface area contributed by atoms with Crippen LogP contribution in [0.5, 0.6) is 0 Å². The van der Waals surface area contributed by atoms with Gasteiger partial charge in [0.25, 0.3) is 0 Å². The Balaban J connectivity index is -0.000000218. The summed E-state index contributed by atoms with van der Waals surface area (Å²) in [6, 6.07) is 0. The summed E-state index contributed by atoms with van der Waals surface area (Å²) in [5.41, 5.74) is 0. The number of carboxylic acids is 2. The smallest absolute Gasteiger partial charge is 0.328 e. The number of hydrogen-bond acceptors (Lipinski definition) is 2. The largest absolute Gasteiger partial charge is 0.478 e. The Morgan fingerprint density at radius 2 is 1.06 bits per heavy atom. The fourth-order valence-electron chi connectivity index (χ4n) is 0.498. The Hall–Kier alpha value is -1.48.